The zero-order valence-corrected chi connectivity index (χ0v) is 12.2. The van der Waals surface area contributed by atoms with Crippen LogP contribution in [0.4, 0.5) is 5.69 Å². The van der Waals surface area contributed by atoms with Crippen LogP contribution in [0.25, 0.3) is 0 Å². The fourth-order valence-electron chi connectivity index (χ4n) is 2.52. The number of hydrogen-bond acceptors (Lipinski definition) is 2. The highest BCUT2D eigenvalue weighted by atomic mass is 35.5. The second-order valence-electron chi connectivity index (χ2n) is 5.61. The molecule has 0 aromatic heterocycles. The predicted octanol–water partition coefficient (Wildman–Crippen LogP) is 3.46. The lowest BCUT2D eigenvalue weighted by Crippen LogP contribution is -2.32. The predicted molar refractivity (Wildman–Crippen MR) is 79.4 cm³/mol. The highest BCUT2D eigenvalue weighted by molar-refractivity contribution is 6.31. The molecule has 3 heteroatoms. The van der Waals surface area contributed by atoms with Gasteiger partial charge in [-0.3, -0.25) is 0 Å². The van der Waals surface area contributed by atoms with Gasteiger partial charge in [-0.1, -0.05) is 17.7 Å². The van der Waals surface area contributed by atoms with Gasteiger partial charge in [-0.05, 0) is 56.7 Å². The normalized spacial score (nSPS) is 18.5. The second-order valence-corrected chi connectivity index (χ2v) is 6.02. The molecule has 0 bridgehead atoms. The van der Waals surface area contributed by atoms with Crippen LogP contribution < -0.4 is 10.6 Å². The van der Waals surface area contributed by atoms with E-state index < -0.39 is 0 Å². The van der Waals surface area contributed by atoms with Crippen LogP contribution >= 0.6 is 11.6 Å². The Morgan fingerprint density at radius 3 is 2.61 bits per heavy atom. The molecular formula is C15H23ClN2. The van der Waals surface area contributed by atoms with Crippen LogP contribution in [-0.2, 0) is 6.42 Å². The second kappa shape index (κ2) is 5.50. The van der Waals surface area contributed by atoms with Gasteiger partial charge in [0.15, 0.2) is 0 Å². The third-order valence-corrected chi connectivity index (χ3v) is 4.27. The number of nitrogens with two attached hydrogens (primary N) is 1. The summed E-state index contributed by atoms with van der Waals surface area (Å²) in [7, 11) is 2.17. The molecule has 2 nitrogen and oxygen atoms in total. The van der Waals surface area contributed by atoms with Crippen molar-refractivity contribution in [1.29, 1.82) is 0 Å². The van der Waals surface area contributed by atoms with Crippen LogP contribution in [0.3, 0.4) is 0 Å². The maximum Gasteiger partial charge on any atom is 0.0459 e. The quantitative estimate of drug-likeness (QED) is 0.884. The molecule has 100 valence electrons. The number of hydrogen-bond donors (Lipinski definition) is 1. The Hall–Kier alpha value is -0.730. The summed E-state index contributed by atoms with van der Waals surface area (Å²) < 4.78 is 0. The smallest absolute Gasteiger partial charge is 0.0459 e. The summed E-state index contributed by atoms with van der Waals surface area (Å²) in [5, 5.41) is 0.833. The summed E-state index contributed by atoms with van der Waals surface area (Å²) in [5.41, 5.74) is 8.35. The Morgan fingerprint density at radius 1 is 1.39 bits per heavy atom. The number of rotatable bonds is 5. The monoisotopic (exact) mass is 266 g/mol. The lowest BCUT2D eigenvalue weighted by molar-refractivity contribution is 0.605. The average molecular weight is 267 g/mol. The summed E-state index contributed by atoms with van der Waals surface area (Å²) in [4.78, 5) is 2.36. The topological polar surface area (TPSA) is 29.3 Å². The van der Waals surface area contributed by atoms with Crippen LogP contribution in [0.15, 0.2) is 18.2 Å². The first-order chi connectivity index (χ1) is 8.50. The standard InChI is InChI=1S/C15H23ClN2/c1-10(17)9-13-14(16)5-4-6-15(13)18(3)11(2)12-7-8-12/h4-6,10-12H,7-9,17H2,1-3H3. The molecule has 0 saturated heterocycles. The highest BCUT2D eigenvalue weighted by Crippen LogP contribution is 2.38. The van der Waals surface area contributed by atoms with Crippen molar-refractivity contribution in [1.82, 2.24) is 0 Å². The SMILES string of the molecule is CC(N)Cc1c(Cl)cccc1N(C)C(C)C1CC1. The molecule has 2 atom stereocenters. The highest BCUT2D eigenvalue weighted by Gasteiger charge is 2.31. The lowest BCUT2D eigenvalue weighted by Gasteiger charge is -2.30. The Labute approximate surface area is 115 Å². The fraction of sp³-hybridized carbons (Fsp3) is 0.600. The Balaban J connectivity index is 2.27. The molecule has 1 aromatic rings. The zero-order chi connectivity index (χ0) is 13.3. The van der Waals surface area contributed by atoms with Crippen molar-refractivity contribution < 1.29 is 0 Å². The van der Waals surface area contributed by atoms with Crippen LogP contribution in [-0.4, -0.2) is 19.1 Å². The fourth-order valence-corrected chi connectivity index (χ4v) is 2.76. The summed E-state index contributed by atoms with van der Waals surface area (Å²) in [5.74, 6) is 0.845. The first-order valence-electron chi connectivity index (χ1n) is 6.76. The van der Waals surface area contributed by atoms with Crippen LogP contribution in [0, 0.1) is 5.92 Å². The Bertz CT molecular complexity index is 413. The van der Waals surface area contributed by atoms with Gasteiger partial charge in [0.2, 0.25) is 0 Å². The van der Waals surface area contributed by atoms with E-state index in [0.29, 0.717) is 6.04 Å². The number of nitrogens with zero attached hydrogens (tertiary/aromatic N) is 1. The summed E-state index contributed by atoms with van der Waals surface area (Å²) in [6.07, 6.45) is 3.54. The van der Waals surface area contributed by atoms with Crippen LogP contribution in [0.5, 0.6) is 0 Å². The van der Waals surface area contributed by atoms with E-state index in [4.69, 9.17) is 17.3 Å². The van der Waals surface area contributed by atoms with E-state index in [2.05, 4.69) is 24.9 Å². The van der Waals surface area contributed by atoms with Gasteiger partial charge in [-0.2, -0.15) is 0 Å². The third kappa shape index (κ3) is 2.99. The van der Waals surface area contributed by atoms with Crippen molar-refractivity contribution in [2.24, 2.45) is 11.7 Å². The average Bonchev–Trinajstić information content (AvgIpc) is 3.13. The number of benzene rings is 1. The van der Waals surface area contributed by atoms with Crippen molar-refractivity contribution in [2.75, 3.05) is 11.9 Å². The molecule has 1 aliphatic carbocycles. The molecule has 0 heterocycles. The molecule has 0 radical (unpaired) electrons. The van der Waals surface area contributed by atoms with Crippen molar-refractivity contribution >= 4 is 17.3 Å². The van der Waals surface area contributed by atoms with Gasteiger partial charge >= 0.3 is 0 Å². The van der Waals surface area contributed by atoms with E-state index in [1.807, 2.05) is 19.1 Å². The summed E-state index contributed by atoms with van der Waals surface area (Å²) in [6, 6.07) is 6.85. The molecule has 0 aliphatic heterocycles. The molecule has 2 rings (SSSR count). The molecule has 2 unspecified atom stereocenters. The lowest BCUT2D eigenvalue weighted by atomic mass is 10.0. The minimum atomic E-state index is 0.133. The number of anilines is 1. The number of halogens is 1. The van der Waals surface area contributed by atoms with Crippen molar-refractivity contribution in [3.05, 3.63) is 28.8 Å². The van der Waals surface area contributed by atoms with Crippen molar-refractivity contribution in [3.8, 4) is 0 Å². The minimum absolute atomic E-state index is 0.133. The molecular weight excluding hydrogens is 244 g/mol. The van der Waals surface area contributed by atoms with Crippen molar-refractivity contribution in [3.63, 3.8) is 0 Å². The summed E-state index contributed by atoms with van der Waals surface area (Å²) in [6.45, 7) is 4.33. The van der Waals surface area contributed by atoms with E-state index in [9.17, 15) is 0 Å². The Morgan fingerprint density at radius 2 is 2.06 bits per heavy atom. The van der Waals surface area contributed by atoms with Gasteiger partial charge in [0.1, 0.15) is 0 Å². The molecule has 1 fully saturated rings. The van der Waals surface area contributed by atoms with Gasteiger partial charge in [0.05, 0.1) is 0 Å². The molecule has 1 aliphatic rings. The maximum absolute atomic E-state index is 6.34. The largest absolute Gasteiger partial charge is 0.371 e. The van der Waals surface area contributed by atoms with E-state index in [1.165, 1.54) is 24.1 Å². The van der Waals surface area contributed by atoms with E-state index in [-0.39, 0.29) is 6.04 Å². The van der Waals surface area contributed by atoms with Gasteiger partial charge in [-0.15, -0.1) is 0 Å². The first kappa shape index (κ1) is 13.7. The molecule has 18 heavy (non-hydrogen) atoms. The van der Waals surface area contributed by atoms with Crippen LogP contribution in [0.1, 0.15) is 32.3 Å². The van der Waals surface area contributed by atoms with Crippen molar-refractivity contribution in [2.45, 2.75) is 45.2 Å². The molecule has 1 aromatic carbocycles. The van der Waals surface area contributed by atoms with Gasteiger partial charge in [0.25, 0.3) is 0 Å². The minimum Gasteiger partial charge on any atom is -0.371 e. The molecule has 0 amide bonds. The van der Waals surface area contributed by atoms with E-state index in [0.717, 1.165) is 17.4 Å². The maximum atomic E-state index is 6.34. The first-order valence-corrected chi connectivity index (χ1v) is 7.14. The summed E-state index contributed by atoms with van der Waals surface area (Å²) >= 11 is 6.34. The molecule has 2 N–H and O–H groups in total. The van der Waals surface area contributed by atoms with Gasteiger partial charge in [-0.25, -0.2) is 0 Å². The van der Waals surface area contributed by atoms with Gasteiger partial charge in [0, 0.05) is 29.8 Å². The molecule has 1 saturated carbocycles. The van der Waals surface area contributed by atoms with E-state index in [1.54, 1.807) is 0 Å². The van der Waals surface area contributed by atoms with Gasteiger partial charge < -0.3 is 10.6 Å². The Kier molecular flexibility index (Phi) is 4.18. The zero-order valence-electron chi connectivity index (χ0n) is 11.5. The molecule has 0 spiro atoms. The van der Waals surface area contributed by atoms with E-state index >= 15 is 0 Å². The third-order valence-electron chi connectivity index (χ3n) is 3.92. The van der Waals surface area contributed by atoms with Crippen LogP contribution in [0.2, 0.25) is 5.02 Å².